The van der Waals surface area contributed by atoms with Gasteiger partial charge in [0.25, 0.3) is 0 Å². The predicted octanol–water partition coefficient (Wildman–Crippen LogP) is 6.03. The molecule has 2 nitrogen and oxygen atoms in total. The number of benzene rings is 2. The van der Waals surface area contributed by atoms with Crippen molar-refractivity contribution in [1.29, 1.82) is 0 Å². The fourth-order valence-electron chi connectivity index (χ4n) is 4.51. The van der Waals surface area contributed by atoms with Crippen LogP contribution in [0.1, 0.15) is 35.2 Å². The number of rotatable bonds is 3. The smallest absolute Gasteiger partial charge is 0.264 e. The van der Waals surface area contributed by atoms with Gasteiger partial charge in [0, 0.05) is 17.0 Å². The van der Waals surface area contributed by atoms with Crippen LogP contribution in [0.5, 0.6) is 0 Å². The van der Waals surface area contributed by atoms with Crippen molar-refractivity contribution in [2.45, 2.75) is 25.8 Å². The van der Waals surface area contributed by atoms with Crippen LogP contribution >= 0.6 is 0 Å². The molecule has 0 saturated heterocycles. The van der Waals surface area contributed by atoms with Crippen molar-refractivity contribution in [2.24, 2.45) is 0 Å². The van der Waals surface area contributed by atoms with Crippen LogP contribution in [0.2, 0.25) is 0 Å². The van der Waals surface area contributed by atoms with Gasteiger partial charge in [-0.3, -0.25) is 4.68 Å². The molecule has 32 heavy (non-hydrogen) atoms. The summed E-state index contributed by atoms with van der Waals surface area (Å²) >= 11 is 0. The Kier molecular flexibility index (Phi) is 7.92. The van der Waals surface area contributed by atoms with Gasteiger partial charge >= 0.3 is 17.1 Å². The van der Waals surface area contributed by atoms with Gasteiger partial charge in [0.05, 0.1) is 17.9 Å². The zero-order chi connectivity index (χ0) is 21.0. The SMILES string of the molecule is CC1Cc2c(nn(Cc3ccccc3)c2[C]2[CH][CH][CH][CH]2)-c2ccccc21.[CH]1[CH][CH][CH][CH]1.[Fe+2]. The molecule has 2 fully saturated rings. The van der Waals surface area contributed by atoms with E-state index >= 15 is 0 Å². The molecule has 3 aromatic rings. The zero-order valence-corrected chi connectivity index (χ0v) is 19.2. The molecule has 1 unspecified atom stereocenters. The molecule has 3 aliphatic rings. The van der Waals surface area contributed by atoms with Crippen molar-refractivity contribution in [3.63, 3.8) is 0 Å². The molecule has 3 heteroatoms. The molecule has 3 aliphatic carbocycles. The van der Waals surface area contributed by atoms with E-state index in [0.717, 1.165) is 18.7 Å². The van der Waals surface area contributed by atoms with E-state index in [-0.39, 0.29) is 17.1 Å². The molecule has 1 aromatic heterocycles. The molecule has 0 N–H and O–H groups in total. The van der Waals surface area contributed by atoms with Crippen LogP contribution in [-0.2, 0) is 30.0 Å². The first-order chi connectivity index (χ1) is 15.3. The van der Waals surface area contributed by atoms with Crippen molar-refractivity contribution in [1.82, 2.24) is 9.78 Å². The van der Waals surface area contributed by atoms with Crippen LogP contribution in [-0.4, -0.2) is 9.78 Å². The Morgan fingerprint density at radius 2 is 1.44 bits per heavy atom. The molecule has 2 aromatic carbocycles. The van der Waals surface area contributed by atoms with Crippen molar-refractivity contribution in [3.05, 3.63) is 141 Å². The molecule has 6 rings (SSSR count). The second kappa shape index (κ2) is 10.9. The third kappa shape index (κ3) is 4.90. The summed E-state index contributed by atoms with van der Waals surface area (Å²) in [6, 6.07) is 19.3. The van der Waals surface area contributed by atoms with Crippen molar-refractivity contribution in [2.75, 3.05) is 0 Å². The molecule has 0 aliphatic heterocycles. The van der Waals surface area contributed by atoms with Crippen molar-refractivity contribution >= 4 is 0 Å². The summed E-state index contributed by atoms with van der Waals surface area (Å²) < 4.78 is 2.20. The fraction of sp³-hybridized carbons (Fsp3) is 0.138. The Morgan fingerprint density at radius 3 is 2.12 bits per heavy atom. The van der Waals surface area contributed by atoms with E-state index in [0.29, 0.717) is 5.92 Å². The number of hydrogen-bond donors (Lipinski definition) is 0. The Labute approximate surface area is 204 Å². The molecule has 158 valence electrons. The van der Waals surface area contributed by atoms with E-state index < -0.39 is 0 Å². The minimum Gasteiger partial charge on any atom is -0.264 e. The maximum absolute atomic E-state index is 5.09. The standard InChI is InChI=1S/C24H21N2.C5H5.Fe/c1-17-15-22-23(21-14-8-7-13-20(17)21)25-26(16-18-9-3-2-4-10-18)24(22)19-11-5-6-12-19;1-2-4-5-3-1;/h2-14,17H,15-16H2,1H3;1-5H;/q;;+2. The van der Waals surface area contributed by atoms with Crippen LogP contribution < -0.4 is 0 Å². The summed E-state index contributed by atoms with van der Waals surface area (Å²) in [6.07, 6.45) is 19.7. The van der Waals surface area contributed by atoms with E-state index in [9.17, 15) is 0 Å². The largest absolute Gasteiger partial charge is 2.00 e. The maximum atomic E-state index is 5.09. The first-order valence-electron chi connectivity index (χ1n) is 10.9. The summed E-state index contributed by atoms with van der Waals surface area (Å²) in [5, 5.41) is 5.09. The van der Waals surface area contributed by atoms with Crippen LogP contribution in [0.4, 0.5) is 0 Å². The summed E-state index contributed by atoms with van der Waals surface area (Å²) in [5.41, 5.74) is 7.81. The second-order valence-corrected chi connectivity index (χ2v) is 8.15. The van der Waals surface area contributed by atoms with Gasteiger partial charge in [0.15, 0.2) is 0 Å². The summed E-state index contributed by atoms with van der Waals surface area (Å²) in [5.74, 6) is 1.78. The van der Waals surface area contributed by atoms with Crippen molar-refractivity contribution < 1.29 is 17.1 Å². The molecular weight excluding hydrogens is 432 g/mol. The zero-order valence-electron chi connectivity index (χ0n) is 18.1. The first-order valence-corrected chi connectivity index (χ1v) is 10.9. The van der Waals surface area contributed by atoms with E-state index in [2.05, 4.69) is 91.9 Å². The van der Waals surface area contributed by atoms with Gasteiger partial charge in [-0.05, 0) is 81.3 Å². The normalized spacial score (nSPS) is 19.5. The maximum Gasteiger partial charge on any atom is 2.00 e. The fourth-order valence-corrected chi connectivity index (χ4v) is 4.51. The van der Waals surface area contributed by atoms with Gasteiger partial charge in [-0.2, -0.15) is 5.10 Å². The van der Waals surface area contributed by atoms with Crippen LogP contribution in [0.15, 0.2) is 54.6 Å². The molecule has 1 atom stereocenters. The van der Waals surface area contributed by atoms with Gasteiger partial charge in [0.1, 0.15) is 0 Å². The molecule has 10 radical (unpaired) electrons. The third-order valence-electron chi connectivity index (χ3n) is 5.97. The Morgan fingerprint density at radius 1 is 0.812 bits per heavy atom. The Balaban J connectivity index is 0.000000363. The van der Waals surface area contributed by atoms with Gasteiger partial charge < -0.3 is 0 Å². The van der Waals surface area contributed by atoms with Crippen LogP contribution in [0.25, 0.3) is 11.3 Å². The second-order valence-electron chi connectivity index (χ2n) is 8.15. The van der Waals surface area contributed by atoms with E-state index in [4.69, 9.17) is 5.10 Å². The summed E-state index contributed by atoms with van der Waals surface area (Å²) in [6.45, 7) is 3.12. The van der Waals surface area contributed by atoms with Gasteiger partial charge in [-0.25, -0.2) is 0 Å². The Hall–Kier alpha value is -1.83. The monoisotopic (exact) mass is 458 g/mol. The number of fused-ring (bicyclic) bond motifs is 3. The molecule has 2 saturated carbocycles. The summed E-state index contributed by atoms with van der Waals surface area (Å²) in [7, 11) is 0. The number of hydrogen-bond acceptors (Lipinski definition) is 1. The minimum absolute atomic E-state index is 0. The first kappa shape index (κ1) is 23.3. The van der Waals surface area contributed by atoms with E-state index in [1.807, 2.05) is 32.1 Å². The molecule has 1 heterocycles. The summed E-state index contributed by atoms with van der Waals surface area (Å²) in [4.78, 5) is 0. The quantitative estimate of drug-likeness (QED) is 0.439. The third-order valence-corrected chi connectivity index (χ3v) is 5.97. The van der Waals surface area contributed by atoms with Crippen molar-refractivity contribution in [3.8, 4) is 11.3 Å². The molecule has 0 bridgehead atoms. The average molecular weight is 458 g/mol. The van der Waals surface area contributed by atoms with E-state index in [1.54, 1.807) is 0 Å². The topological polar surface area (TPSA) is 17.8 Å². The number of nitrogens with zero attached hydrogens (tertiary/aromatic N) is 2. The molecule has 0 spiro atoms. The van der Waals surface area contributed by atoms with Crippen LogP contribution in [0, 0.1) is 63.7 Å². The van der Waals surface area contributed by atoms with Crippen LogP contribution in [0.3, 0.4) is 0 Å². The van der Waals surface area contributed by atoms with Gasteiger partial charge in [-0.1, -0.05) is 61.5 Å². The van der Waals surface area contributed by atoms with Gasteiger partial charge in [0.2, 0.25) is 0 Å². The predicted molar refractivity (Wildman–Crippen MR) is 126 cm³/mol. The number of aromatic nitrogens is 2. The van der Waals surface area contributed by atoms with Gasteiger partial charge in [-0.15, -0.1) is 0 Å². The molecule has 0 amide bonds. The minimum atomic E-state index is 0. The average Bonchev–Trinajstić information content (AvgIpc) is 3.58. The molecular formula is C29H26FeN2+2. The van der Waals surface area contributed by atoms with E-state index in [1.165, 1.54) is 33.9 Å². The Bertz CT molecular complexity index is 990.